The van der Waals surface area contributed by atoms with Gasteiger partial charge < -0.3 is 19.1 Å². The number of benzene rings is 2. The van der Waals surface area contributed by atoms with E-state index in [1.807, 2.05) is 18.2 Å². The number of nitrogens with one attached hydrogen (secondary N) is 1. The number of carbonyl (C=O) groups is 1. The highest BCUT2D eigenvalue weighted by Crippen LogP contribution is 2.24. The fourth-order valence-corrected chi connectivity index (χ4v) is 3.71. The van der Waals surface area contributed by atoms with Gasteiger partial charge in [0.15, 0.2) is 0 Å². The zero-order chi connectivity index (χ0) is 23.5. The molecular formula is C24H21BrN4O4. The highest BCUT2D eigenvalue weighted by molar-refractivity contribution is 9.10. The number of methoxy groups -OCH3 is 1. The van der Waals surface area contributed by atoms with E-state index in [1.165, 1.54) is 4.57 Å². The Morgan fingerprint density at radius 1 is 1.12 bits per heavy atom. The molecule has 2 heterocycles. The first kappa shape index (κ1) is 22.5. The number of pyridine rings is 1. The van der Waals surface area contributed by atoms with Crippen LogP contribution in [0.1, 0.15) is 11.3 Å². The van der Waals surface area contributed by atoms with Gasteiger partial charge in [-0.25, -0.2) is 0 Å². The van der Waals surface area contributed by atoms with Crippen molar-refractivity contribution < 1.29 is 14.1 Å². The molecule has 0 saturated carbocycles. The summed E-state index contributed by atoms with van der Waals surface area (Å²) in [5, 5.41) is 6.82. The van der Waals surface area contributed by atoms with E-state index in [2.05, 4.69) is 31.4 Å². The highest BCUT2D eigenvalue weighted by Gasteiger charge is 2.20. The quantitative estimate of drug-likeness (QED) is 0.408. The van der Waals surface area contributed by atoms with Crippen LogP contribution in [0.15, 0.2) is 68.4 Å². The summed E-state index contributed by atoms with van der Waals surface area (Å²) in [6, 6.07) is 16.2. The first-order valence-electron chi connectivity index (χ1n) is 10.1. The molecule has 0 radical (unpaired) electrons. The van der Waals surface area contributed by atoms with E-state index in [-0.39, 0.29) is 29.5 Å². The second-order valence-electron chi connectivity index (χ2n) is 7.44. The normalized spacial score (nSPS) is 10.8. The van der Waals surface area contributed by atoms with Crippen molar-refractivity contribution in [1.29, 1.82) is 0 Å². The molecule has 1 N–H and O–H groups in total. The molecule has 0 saturated heterocycles. The van der Waals surface area contributed by atoms with Crippen LogP contribution in [0.3, 0.4) is 0 Å². The lowest BCUT2D eigenvalue weighted by atomic mass is 10.1. The monoisotopic (exact) mass is 508 g/mol. The van der Waals surface area contributed by atoms with Crippen LogP contribution in [0, 0.1) is 13.8 Å². The van der Waals surface area contributed by atoms with E-state index in [0.717, 1.165) is 10.0 Å². The summed E-state index contributed by atoms with van der Waals surface area (Å²) in [7, 11) is 1.59. The number of amides is 1. The van der Waals surface area contributed by atoms with Crippen LogP contribution in [0.2, 0.25) is 0 Å². The van der Waals surface area contributed by atoms with Gasteiger partial charge in [-0.1, -0.05) is 21.1 Å². The number of aromatic nitrogens is 3. The number of hydrogen-bond donors (Lipinski definition) is 1. The van der Waals surface area contributed by atoms with E-state index >= 15 is 0 Å². The Kier molecular flexibility index (Phi) is 6.41. The third-order valence-electron chi connectivity index (χ3n) is 5.12. The highest BCUT2D eigenvalue weighted by atomic mass is 79.9. The van der Waals surface area contributed by atoms with Gasteiger partial charge in [-0.2, -0.15) is 4.98 Å². The molecule has 0 aliphatic carbocycles. The lowest BCUT2D eigenvalue weighted by Crippen LogP contribution is -2.30. The molecule has 8 nitrogen and oxygen atoms in total. The molecule has 4 rings (SSSR count). The van der Waals surface area contributed by atoms with E-state index < -0.39 is 0 Å². The Bertz CT molecular complexity index is 1360. The summed E-state index contributed by atoms with van der Waals surface area (Å²) < 4.78 is 12.9. The molecule has 33 heavy (non-hydrogen) atoms. The molecule has 168 valence electrons. The topological polar surface area (TPSA) is 99.3 Å². The number of halogens is 1. The van der Waals surface area contributed by atoms with Crippen molar-refractivity contribution in [3.05, 3.63) is 80.7 Å². The predicted octanol–water partition coefficient (Wildman–Crippen LogP) is 4.59. The van der Waals surface area contributed by atoms with Crippen molar-refractivity contribution in [2.45, 2.75) is 20.4 Å². The van der Waals surface area contributed by atoms with Crippen LogP contribution in [-0.2, 0) is 11.3 Å². The molecule has 1 amide bonds. The summed E-state index contributed by atoms with van der Waals surface area (Å²) in [5.41, 5.74) is 2.61. The molecule has 0 unspecified atom stereocenters. The van der Waals surface area contributed by atoms with E-state index in [9.17, 15) is 9.59 Å². The van der Waals surface area contributed by atoms with Gasteiger partial charge in [0.05, 0.1) is 7.11 Å². The largest absolute Gasteiger partial charge is 0.497 e. The minimum atomic E-state index is -0.372. The van der Waals surface area contributed by atoms with Crippen molar-refractivity contribution in [2.24, 2.45) is 0 Å². The third-order valence-corrected chi connectivity index (χ3v) is 5.65. The molecule has 0 bridgehead atoms. The minimum absolute atomic E-state index is 0.102. The summed E-state index contributed by atoms with van der Waals surface area (Å²) >= 11 is 3.36. The maximum atomic E-state index is 13.3. The van der Waals surface area contributed by atoms with Crippen LogP contribution >= 0.6 is 15.9 Å². The fraction of sp³-hybridized carbons (Fsp3) is 0.167. The molecule has 0 atom stereocenters. The van der Waals surface area contributed by atoms with E-state index in [1.54, 1.807) is 57.4 Å². The van der Waals surface area contributed by atoms with E-state index in [4.69, 9.17) is 9.26 Å². The second-order valence-corrected chi connectivity index (χ2v) is 8.36. The van der Waals surface area contributed by atoms with Gasteiger partial charge in [-0.3, -0.25) is 9.59 Å². The molecule has 9 heteroatoms. The van der Waals surface area contributed by atoms with Crippen LogP contribution in [0.4, 0.5) is 5.69 Å². The summed E-state index contributed by atoms with van der Waals surface area (Å²) in [5.74, 6) is 0.847. The maximum Gasteiger partial charge on any atom is 0.264 e. The fourth-order valence-electron chi connectivity index (χ4n) is 3.44. The molecular weight excluding hydrogens is 488 g/mol. The molecule has 2 aromatic carbocycles. The number of carbonyl (C=O) groups excluding carboxylic acids is 1. The van der Waals surface area contributed by atoms with Crippen molar-refractivity contribution in [1.82, 2.24) is 14.7 Å². The molecule has 0 aliphatic rings. The predicted molar refractivity (Wildman–Crippen MR) is 128 cm³/mol. The van der Waals surface area contributed by atoms with Gasteiger partial charge in [-0.05, 0) is 74.0 Å². The van der Waals surface area contributed by atoms with Crippen LogP contribution < -0.4 is 15.6 Å². The van der Waals surface area contributed by atoms with Crippen LogP contribution in [-0.4, -0.2) is 27.7 Å². The van der Waals surface area contributed by atoms with Gasteiger partial charge in [0, 0.05) is 21.4 Å². The third kappa shape index (κ3) is 4.88. The first-order chi connectivity index (χ1) is 15.9. The van der Waals surface area contributed by atoms with Gasteiger partial charge >= 0.3 is 0 Å². The summed E-state index contributed by atoms with van der Waals surface area (Å²) in [6.45, 7) is 3.43. The number of aryl methyl sites for hydroxylation is 2. The Morgan fingerprint density at radius 3 is 2.48 bits per heavy atom. The summed E-state index contributed by atoms with van der Waals surface area (Å²) in [4.78, 5) is 30.3. The Balaban J connectivity index is 1.63. The maximum absolute atomic E-state index is 13.3. The number of ether oxygens (including phenoxy) is 1. The lowest BCUT2D eigenvalue weighted by Gasteiger charge is -2.13. The van der Waals surface area contributed by atoms with Crippen molar-refractivity contribution in [3.63, 3.8) is 0 Å². The standard InChI is InChI=1S/C24H21BrN4O4/c1-14-12-15(2)29(13-20(30)26-18-8-6-17(25)7-9-18)24(31)21(14)23-27-22(28-33-23)16-4-10-19(32-3)11-5-16/h4-12H,13H2,1-3H3,(H,26,30). The number of rotatable bonds is 6. The second kappa shape index (κ2) is 9.41. The van der Waals surface area contributed by atoms with Gasteiger partial charge in [-0.15, -0.1) is 0 Å². The Labute approximate surface area is 198 Å². The Morgan fingerprint density at radius 2 is 1.82 bits per heavy atom. The van der Waals surface area contributed by atoms with Gasteiger partial charge in [0.25, 0.3) is 11.4 Å². The summed E-state index contributed by atoms with van der Waals surface area (Å²) in [6.07, 6.45) is 0. The molecule has 0 fully saturated rings. The average Bonchev–Trinajstić information content (AvgIpc) is 3.28. The van der Waals surface area contributed by atoms with E-state index in [0.29, 0.717) is 28.5 Å². The van der Waals surface area contributed by atoms with Crippen LogP contribution in [0.5, 0.6) is 5.75 Å². The SMILES string of the molecule is COc1ccc(-c2noc(-c3c(C)cc(C)n(CC(=O)Nc4ccc(Br)cc4)c3=O)n2)cc1. The smallest absolute Gasteiger partial charge is 0.264 e. The van der Waals surface area contributed by atoms with Crippen molar-refractivity contribution in [2.75, 3.05) is 12.4 Å². The molecule has 0 spiro atoms. The number of nitrogens with zero attached hydrogens (tertiary/aromatic N) is 3. The Hall–Kier alpha value is -3.72. The molecule has 0 aliphatic heterocycles. The first-order valence-corrected chi connectivity index (χ1v) is 10.9. The van der Waals surface area contributed by atoms with Crippen molar-refractivity contribution in [3.8, 4) is 28.6 Å². The zero-order valence-electron chi connectivity index (χ0n) is 18.3. The van der Waals surface area contributed by atoms with Crippen molar-refractivity contribution >= 4 is 27.5 Å². The number of anilines is 1. The lowest BCUT2D eigenvalue weighted by molar-refractivity contribution is -0.116. The van der Waals surface area contributed by atoms with Crippen LogP contribution in [0.25, 0.3) is 22.8 Å². The minimum Gasteiger partial charge on any atom is -0.497 e. The zero-order valence-corrected chi connectivity index (χ0v) is 19.8. The average molecular weight is 509 g/mol. The van der Waals surface area contributed by atoms with Gasteiger partial charge in [0.2, 0.25) is 11.7 Å². The number of hydrogen-bond acceptors (Lipinski definition) is 6. The molecule has 4 aromatic rings. The molecule has 2 aromatic heterocycles. The van der Waals surface area contributed by atoms with Gasteiger partial charge in [0.1, 0.15) is 17.9 Å².